The van der Waals surface area contributed by atoms with Crippen LogP contribution in [0.15, 0.2) is 54.6 Å². The van der Waals surface area contributed by atoms with Crippen molar-refractivity contribution in [3.63, 3.8) is 0 Å². The summed E-state index contributed by atoms with van der Waals surface area (Å²) in [6.07, 6.45) is 1.04. The monoisotopic (exact) mass is 444 g/mol. The normalized spacial score (nSPS) is 11.1. The summed E-state index contributed by atoms with van der Waals surface area (Å²) in [6.45, 7) is 4.77. The van der Waals surface area contributed by atoms with Gasteiger partial charge in [-0.1, -0.05) is 42.5 Å². The molecule has 4 aromatic rings. The Kier molecular flexibility index (Phi) is 6.68. The number of aromatic nitrogens is 3. The topological polar surface area (TPSA) is 76.8 Å². The number of aryl methyl sites for hydroxylation is 2. The fourth-order valence-corrected chi connectivity index (χ4v) is 4.15. The van der Waals surface area contributed by atoms with Crippen LogP contribution in [0.1, 0.15) is 35.4 Å². The molecule has 0 aliphatic carbocycles. The van der Waals surface area contributed by atoms with Crippen LogP contribution in [-0.2, 0) is 27.3 Å². The second-order valence-corrected chi connectivity index (χ2v) is 8.14. The van der Waals surface area contributed by atoms with Crippen molar-refractivity contribution in [2.45, 2.75) is 39.7 Å². The van der Waals surface area contributed by atoms with Gasteiger partial charge in [-0.2, -0.15) is 5.10 Å². The minimum atomic E-state index is -0.326. The summed E-state index contributed by atoms with van der Waals surface area (Å²) in [5.74, 6) is -0.333. The predicted molar refractivity (Wildman–Crippen MR) is 127 cm³/mol. The van der Waals surface area contributed by atoms with E-state index >= 15 is 0 Å². The van der Waals surface area contributed by atoms with Gasteiger partial charge >= 0.3 is 5.97 Å². The van der Waals surface area contributed by atoms with E-state index in [4.69, 9.17) is 14.8 Å². The summed E-state index contributed by atoms with van der Waals surface area (Å²) in [6, 6.07) is 17.7. The van der Waals surface area contributed by atoms with Crippen LogP contribution in [0.2, 0.25) is 0 Å². The number of methoxy groups -OCH3 is 1. The number of rotatable bonds is 8. The molecule has 0 fully saturated rings. The maximum atomic E-state index is 13.2. The maximum Gasteiger partial charge on any atom is 0.307 e. The zero-order valence-corrected chi connectivity index (χ0v) is 19.2. The van der Waals surface area contributed by atoms with Crippen LogP contribution in [0, 0.1) is 13.8 Å². The van der Waals surface area contributed by atoms with E-state index in [0.717, 1.165) is 39.1 Å². The summed E-state index contributed by atoms with van der Waals surface area (Å²) >= 11 is 0. The van der Waals surface area contributed by atoms with E-state index in [1.54, 1.807) is 4.90 Å². The largest absolute Gasteiger partial charge is 0.469 e. The average Bonchev–Trinajstić information content (AvgIpc) is 3.20. The van der Waals surface area contributed by atoms with E-state index in [-0.39, 0.29) is 18.3 Å². The maximum absolute atomic E-state index is 13.2. The molecular formula is C26H28N4O3. The Morgan fingerprint density at radius 2 is 1.73 bits per heavy atom. The third-order valence-corrected chi connectivity index (χ3v) is 5.99. The Bertz CT molecular complexity index is 1300. The molecule has 7 heteroatoms. The number of nitrogens with zero attached hydrogens (tertiary/aromatic N) is 4. The molecule has 0 aliphatic heterocycles. The summed E-state index contributed by atoms with van der Waals surface area (Å²) < 4.78 is 6.63. The molecule has 0 atom stereocenters. The van der Waals surface area contributed by atoms with E-state index in [1.165, 1.54) is 7.11 Å². The first-order valence-corrected chi connectivity index (χ1v) is 11.1. The number of fused-ring (bicyclic) bond motifs is 3. The van der Waals surface area contributed by atoms with Gasteiger partial charge in [0.15, 0.2) is 5.65 Å². The third kappa shape index (κ3) is 4.87. The highest BCUT2D eigenvalue weighted by atomic mass is 16.5. The highest BCUT2D eigenvalue weighted by molar-refractivity contribution is 5.92. The van der Waals surface area contributed by atoms with Gasteiger partial charge in [-0.05, 0) is 43.5 Å². The number of esters is 1. The fourth-order valence-electron chi connectivity index (χ4n) is 4.15. The second-order valence-electron chi connectivity index (χ2n) is 8.14. The Hall–Kier alpha value is -3.74. The Morgan fingerprint density at radius 3 is 2.48 bits per heavy atom. The van der Waals surface area contributed by atoms with Gasteiger partial charge in [-0.3, -0.25) is 9.59 Å². The molecule has 0 aliphatic rings. The number of hydrogen-bond donors (Lipinski definition) is 0. The van der Waals surface area contributed by atoms with Gasteiger partial charge in [0.25, 0.3) is 0 Å². The van der Waals surface area contributed by atoms with Crippen molar-refractivity contribution in [3.05, 3.63) is 77.1 Å². The van der Waals surface area contributed by atoms with Crippen LogP contribution in [0.4, 0.5) is 0 Å². The van der Waals surface area contributed by atoms with Crippen LogP contribution in [0.5, 0.6) is 0 Å². The van der Waals surface area contributed by atoms with Crippen molar-refractivity contribution in [2.75, 3.05) is 13.7 Å². The highest BCUT2D eigenvalue weighted by Gasteiger charge is 2.19. The smallest absolute Gasteiger partial charge is 0.307 e. The molecule has 7 nitrogen and oxygen atoms in total. The molecule has 2 aromatic carbocycles. The van der Waals surface area contributed by atoms with Crippen molar-refractivity contribution in [1.82, 2.24) is 19.5 Å². The molecule has 0 saturated heterocycles. The number of carbonyl (C=O) groups excluding carboxylic acids is 2. The fraction of sp³-hybridized carbons (Fsp3) is 0.308. The number of carbonyl (C=O) groups is 2. The molecule has 1 amide bonds. The van der Waals surface area contributed by atoms with Crippen molar-refractivity contribution in [2.24, 2.45) is 0 Å². The second kappa shape index (κ2) is 9.81. The van der Waals surface area contributed by atoms with Gasteiger partial charge in [0.2, 0.25) is 5.91 Å². The molecule has 2 heterocycles. The van der Waals surface area contributed by atoms with Crippen LogP contribution < -0.4 is 0 Å². The van der Waals surface area contributed by atoms with Gasteiger partial charge in [-0.25, -0.2) is 9.50 Å². The first kappa shape index (κ1) is 22.5. The van der Waals surface area contributed by atoms with Gasteiger partial charge < -0.3 is 9.64 Å². The minimum absolute atomic E-state index is 0.00715. The molecule has 0 spiro atoms. The van der Waals surface area contributed by atoms with Gasteiger partial charge in [0.05, 0.1) is 19.0 Å². The first-order valence-electron chi connectivity index (χ1n) is 11.1. The molecule has 0 unspecified atom stereocenters. The molecule has 4 rings (SSSR count). The van der Waals surface area contributed by atoms with E-state index in [1.807, 2.05) is 73.0 Å². The minimum Gasteiger partial charge on any atom is -0.469 e. The van der Waals surface area contributed by atoms with E-state index < -0.39 is 0 Å². The molecule has 0 radical (unpaired) electrons. The Labute approximate surface area is 193 Å². The summed E-state index contributed by atoms with van der Waals surface area (Å²) in [7, 11) is 1.36. The average molecular weight is 445 g/mol. The lowest BCUT2D eigenvalue weighted by Crippen LogP contribution is -2.33. The molecule has 0 bridgehead atoms. The van der Waals surface area contributed by atoms with Gasteiger partial charge in [0.1, 0.15) is 0 Å². The van der Waals surface area contributed by atoms with Crippen molar-refractivity contribution < 1.29 is 14.3 Å². The van der Waals surface area contributed by atoms with E-state index in [9.17, 15) is 9.59 Å². The zero-order chi connectivity index (χ0) is 23.4. The van der Waals surface area contributed by atoms with E-state index in [2.05, 4.69) is 0 Å². The lowest BCUT2D eigenvalue weighted by Gasteiger charge is -2.23. The van der Waals surface area contributed by atoms with Crippen LogP contribution in [0.25, 0.3) is 16.6 Å². The van der Waals surface area contributed by atoms with Crippen LogP contribution in [0.3, 0.4) is 0 Å². The van der Waals surface area contributed by atoms with Crippen molar-refractivity contribution in [3.8, 4) is 0 Å². The number of amides is 1. The number of benzene rings is 2. The Balaban J connectivity index is 1.54. The lowest BCUT2D eigenvalue weighted by molar-refractivity contribution is -0.141. The molecule has 33 heavy (non-hydrogen) atoms. The molecule has 0 N–H and O–H groups in total. The summed E-state index contributed by atoms with van der Waals surface area (Å²) in [4.78, 5) is 31.4. The van der Waals surface area contributed by atoms with Crippen molar-refractivity contribution in [1.29, 1.82) is 0 Å². The number of ether oxygens (including phenoxy) is 1. The highest BCUT2D eigenvalue weighted by Crippen LogP contribution is 2.23. The molecular weight excluding hydrogens is 416 g/mol. The first-order chi connectivity index (χ1) is 16.0. The van der Waals surface area contributed by atoms with Crippen LogP contribution >= 0.6 is 0 Å². The summed E-state index contributed by atoms with van der Waals surface area (Å²) in [5, 5.41) is 5.72. The SMILES string of the molecule is COC(=O)CCN(Cc1ccccc1)C(=O)CCc1c(C)nc2c3ccccc3nn2c1C. The standard InChI is InChI=1S/C26H28N4O3/c1-18-21(19(2)30-26(27-18)22-11-7-8-12-23(22)28-30)13-14-24(31)29(16-15-25(32)33-3)17-20-9-5-4-6-10-20/h4-12H,13-17H2,1-3H3. The third-order valence-electron chi connectivity index (χ3n) is 5.99. The lowest BCUT2D eigenvalue weighted by atomic mass is 10.1. The number of hydrogen-bond acceptors (Lipinski definition) is 5. The van der Waals surface area contributed by atoms with E-state index in [0.29, 0.717) is 25.9 Å². The Morgan fingerprint density at radius 1 is 1.00 bits per heavy atom. The predicted octanol–water partition coefficient (Wildman–Crippen LogP) is 4.02. The molecule has 2 aromatic heterocycles. The summed E-state index contributed by atoms with van der Waals surface area (Å²) in [5.41, 5.74) is 5.68. The molecule has 0 saturated carbocycles. The quantitative estimate of drug-likeness (QED) is 0.384. The molecule has 170 valence electrons. The van der Waals surface area contributed by atoms with Crippen LogP contribution in [-0.4, -0.2) is 45.0 Å². The van der Waals surface area contributed by atoms with Gasteiger partial charge in [0, 0.05) is 36.3 Å². The zero-order valence-electron chi connectivity index (χ0n) is 19.2. The van der Waals surface area contributed by atoms with Crippen molar-refractivity contribution >= 4 is 28.4 Å². The van der Waals surface area contributed by atoms with Gasteiger partial charge in [-0.15, -0.1) is 0 Å².